The number of ether oxygens (including phenoxy) is 1. The zero-order valence-electron chi connectivity index (χ0n) is 14.9. The Labute approximate surface area is 158 Å². The van der Waals surface area contributed by atoms with E-state index in [0.29, 0.717) is 23.7 Å². The van der Waals surface area contributed by atoms with Crippen molar-refractivity contribution in [2.75, 3.05) is 22.9 Å². The highest BCUT2D eigenvalue weighted by molar-refractivity contribution is 7.98. The van der Waals surface area contributed by atoms with Gasteiger partial charge in [0.15, 0.2) is 0 Å². The molecule has 0 atom stereocenters. The Bertz CT molecular complexity index is 883. The molecule has 0 saturated carbocycles. The minimum absolute atomic E-state index is 0.0434. The van der Waals surface area contributed by atoms with Crippen molar-refractivity contribution in [2.24, 2.45) is 0 Å². The third kappa shape index (κ3) is 5.15. The Balaban J connectivity index is 2.35. The van der Waals surface area contributed by atoms with Crippen molar-refractivity contribution in [1.82, 2.24) is 0 Å². The molecule has 2 aromatic rings. The van der Waals surface area contributed by atoms with Crippen LogP contribution in [0.5, 0.6) is 5.75 Å². The fraction of sp³-hybridized carbons (Fsp3) is 0.278. The van der Waals surface area contributed by atoms with Crippen LogP contribution in [-0.2, 0) is 14.8 Å². The Hall–Kier alpha value is -2.19. The van der Waals surface area contributed by atoms with Gasteiger partial charge in [0.2, 0.25) is 5.91 Å². The molecule has 0 unspecified atom stereocenters. The highest BCUT2D eigenvalue weighted by Gasteiger charge is 2.18. The Morgan fingerprint density at radius 3 is 2.58 bits per heavy atom. The number of amides is 1. The van der Waals surface area contributed by atoms with Crippen LogP contribution in [0, 0.1) is 0 Å². The van der Waals surface area contributed by atoms with E-state index in [1.165, 1.54) is 23.9 Å². The van der Waals surface area contributed by atoms with Crippen molar-refractivity contribution < 1.29 is 17.9 Å². The smallest absolute Gasteiger partial charge is 0.261 e. The van der Waals surface area contributed by atoms with Gasteiger partial charge in [0, 0.05) is 17.0 Å². The van der Waals surface area contributed by atoms with Crippen LogP contribution in [0.2, 0.25) is 0 Å². The average Bonchev–Trinajstić information content (AvgIpc) is 2.62. The highest BCUT2D eigenvalue weighted by atomic mass is 32.2. The van der Waals surface area contributed by atoms with Crippen LogP contribution < -0.4 is 14.8 Å². The minimum Gasteiger partial charge on any atom is -0.492 e. The fourth-order valence-electron chi connectivity index (χ4n) is 2.19. The summed E-state index contributed by atoms with van der Waals surface area (Å²) in [5.41, 5.74) is 0.810. The van der Waals surface area contributed by atoms with Gasteiger partial charge in [0.05, 0.1) is 17.2 Å². The molecule has 0 heterocycles. The molecule has 140 valence electrons. The lowest BCUT2D eigenvalue weighted by Gasteiger charge is -2.14. The predicted molar refractivity (Wildman–Crippen MR) is 106 cm³/mol. The number of thioether (sulfide) groups is 1. The largest absolute Gasteiger partial charge is 0.492 e. The van der Waals surface area contributed by atoms with E-state index in [2.05, 4.69) is 10.0 Å². The number of rotatable bonds is 8. The van der Waals surface area contributed by atoms with E-state index >= 15 is 0 Å². The maximum atomic E-state index is 12.7. The molecule has 0 radical (unpaired) electrons. The van der Waals surface area contributed by atoms with Gasteiger partial charge in [0.25, 0.3) is 10.0 Å². The van der Waals surface area contributed by atoms with Gasteiger partial charge in [-0.1, -0.05) is 13.0 Å². The van der Waals surface area contributed by atoms with Crippen molar-refractivity contribution >= 4 is 39.1 Å². The lowest BCUT2D eigenvalue weighted by molar-refractivity contribution is -0.115. The number of nitrogens with one attached hydrogen (secondary N) is 2. The maximum absolute atomic E-state index is 12.7. The molecule has 0 aliphatic rings. The fourth-order valence-corrected chi connectivity index (χ4v) is 3.73. The number of hydrogen-bond donors (Lipinski definition) is 2. The molecule has 0 bridgehead atoms. The molecule has 2 N–H and O–H groups in total. The standard InChI is InChI=1S/C18H22N2O4S2/c1-4-18(21)19-16-12-15(9-10-17(16)24-5-2)26(22,23)20-13-7-6-8-14(11-13)25-3/h6-12,20H,4-5H2,1-3H3,(H,19,21). The number of anilines is 2. The average molecular weight is 395 g/mol. The van der Waals surface area contributed by atoms with Crippen LogP contribution in [0.1, 0.15) is 20.3 Å². The van der Waals surface area contributed by atoms with E-state index in [4.69, 9.17) is 4.74 Å². The second-order valence-electron chi connectivity index (χ2n) is 5.33. The molecule has 26 heavy (non-hydrogen) atoms. The Morgan fingerprint density at radius 2 is 1.92 bits per heavy atom. The van der Waals surface area contributed by atoms with Gasteiger partial charge in [-0.05, 0) is 49.6 Å². The van der Waals surface area contributed by atoms with Gasteiger partial charge < -0.3 is 10.1 Å². The first-order valence-electron chi connectivity index (χ1n) is 8.13. The molecule has 0 aliphatic heterocycles. The molecular weight excluding hydrogens is 372 g/mol. The molecule has 0 aliphatic carbocycles. The third-order valence-corrected chi connectivity index (χ3v) is 5.58. The number of carbonyl (C=O) groups excluding carboxylic acids is 1. The van der Waals surface area contributed by atoms with Gasteiger partial charge in [-0.3, -0.25) is 9.52 Å². The molecular formula is C18H22N2O4S2. The van der Waals surface area contributed by atoms with Gasteiger partial charge in [-0.15, -0.1) is 11.8 Å². The normalized spacial score (nSPS) is 11.0. The molecule has 2 rings (SSSR count). The number of hydrogen-bond acceptors (Lipinski definition) is 5. The molecule has 2 aromatic carbocycles. The van der Waals surface area contributed by atoms with Crippen LogP contribution in [0.25, 0.3) is 0 Å². The summed E-state index contributed by atoms with van der Waals surface area (Å²) in [5.74, 6) is 0.207. The summed E-state index contributed by atoms with van der Waals surface area (Å²) in [7, 11) is -3.80. The molecule has 1 amide bonds. The number of carbonyl (C=O) groups is 1. The van der Waals surface area contributed by atoms with E-state index < -0.39 is 10.0 Å². The molecule has 0 aromatic heterocycles. The van der Waals surface area contributed by atoms with E-state index in [1.54, 1.807) is 31.2 Å². The summed E-state index contributed by atoms with van der Waals surface area (Å²) >= 11 is 1.53. The maximum Gasteiger partial charge on any atom is 0.261 e. The van der Waals surface area contributed by atoms with Crippen molar-refractivity contribution in [3.63, 3.8) is 0 Å². The quantitative estimate of drug-likeness (QED) is 0.662. The van der Waals surface area contributed by atoms with Gasteiger partial charge in [-0.25, -0.2) is 8.42 Å². The SMILES string of the molecule is CCOc1ccc(S(=O)(=O)Nc2cccc(SC)c2)cc1NC(=O)CC. The van der Waals surface area contributed by atoms with Crippen LogP contribution in [0.3, 0.4) is 0 Å². The molecule has 0 fully saturated rings. The monoisotopic (exact) mass is 394 g/mol. The summed E-state index contributed by atoms with van der Waals surface area (Å²) in [5, 5.41) is 2.68. The Kier molecular flexibility index (Phi) is 6.93. The summed E-state index contributed by atoms with van der Waals surface area (Å²) in [6.45, 7) is 3.94. The minimum atomic E-state index is -3.80. The predicted octanol–water partition coefficient (Wildman–Crippen LogP) is 3.96. The van der Waals surface area contributed by atoms with Gasteiger partial charge >= 0.3 is 0 Å². The van der Waals surface area contributed by atoms with Gasteiger partial charge in [-0.2, -0.15) is 0 Å². The topological polar surface area (TPSA) is 84.5 Å². The number of sulfonamides is 1. The lowest BCUT2D eigenvalue weighted by atomic mass is 10.3. The van der Waals surface area contributed by atoms with Crippen molar-refractivity contribution in [3.05, 3.63) is 42.5 Å². The van der Waals surface area contributed by atoms with Crippen molar-refractivity contribution in [3.8, 4) is 5.75 Å². The first-order valence-corrected chi connectivity index (χ1v) is 10.8. The van der Waals surface area contributed by atoms with E-state index in [-0.39, 0.29) is 17.2 Å². The summed E-state index contributed by atoms with van der Waals surface area (Å²) in [4.78, 5) is 12.7. The second-order valence-corrected chi connectivity index (χ2v) is 7.89. The first kappa shape index (κ1) is 20.1. The molecule has 6 nitrogen and oxygen atoms in total. The van der Waals surface area contributed by atoms with Crippen LogP contribution >= 0.6 is 11.8 Å². The molecule has 0 saturated heterocycles. The van der Waals surface area contributed by atoms with E-state index in [0.717, 1.165) is 4.90 Å². The summed E-state index contributed by atoms with van der Waals surface area (Å²) in [6, 6.07) is 11.5. The zero-order valence-corrected chi connectivity index (χ0v) is 16.5. The molecule has 0 spiro atoms. The summed E-state index contributed by atoms with van der Waals surface area (Å²) in [6.07, 6.45) is 2.20. The van der Waals surface area contributed by atoms with E-state index in [1.807, 2.05) is 19.2 Å². The van der Waals surface area contributed by atoms with Crippen LogP contribution in [0.4, 0.5) is 11.4 Å². The highest BCUT2D eigenvalue weighted by Crippen LogP contribution is 2.29. The van der Waals surface area contributed by atoms with Crippen LogP contribution in [0.15, 0.2) is 52.3 Å². The first-order chi connectivity index (χ1) is 12.4. The number of benzene rings is 2. The Morgan fingerprint density at radius 1 is 1.15 bits per heavy atom. The zero-order chi connectivity index (χ0) is 19.2. The van der Waals surface area contributed by atoms with Crippen molar-refractivity contribution in [2.45, 2.75) is 30.1 Å². The van der Waals surface area contributed by atoms with E-state index in [9.17, 15) is 13.2 Å². The van der Waals surface area contributed by atoms with Gasteiger partial charge in [0.1, 0.15) is 5.75 Å². The van der Waals surface area contributed by atoms with Crippen molar-refractivity contribution in [1.29, 1.82) is 0 Å². The third-order valence-electron chi connectivity index (χ3n) is 3.48. The summed E-state index contributed by atoms with van der Waals surface area (Å²) < 4.78 is 33.4. The second kappa shape index (κ2) is 8.95. The lowest BCUT2D eigenvalue weighted by Crippen LogP contribution is -2.15. The molecule has 8 heteroatoms. The van der Waals surface area contributed by atoms with Crippen LogP contribution in [-0.4, -0.2) is 27.2 Å².